The van der Waals surface area contributed by atoms with E-state index >= 15 is 0 Å². The largest absolute Gasteiger partial charge is 0.419 e. The smallest absolute Gasteiger partial charge is 0.410 e. The van der Waals surface area contributed by atoms with Gasteiger partial charge in [-0.2, -0.15) is 0 Å². The maximum absolute atomic E-state index is 13.2. The molecule has 3 amide bonds. The summed E-state index contributed by atoms with van der Waals surface area (Å²) >= 11 is 0. The maximum atomic E-state index is 13.2. The molecule has 3 aromatic carbocycles. The van der Waals surface area contributed by atoms with Gasteiger partial charge in [-0.25, -0.2) is 4.79 Å². The number of carbonyl (C=O) groups excluding carboxylic acids is 3. The minimum atomic E-state index is -0.503. The van der Waals surface area contributed by atoms with Crippen LogP contribution in [0, 0.1) is 0 Å². The Morgan fingerprint density at radius 2 is 1.54 bits per heavy atom. The Labute approximate surface area is 216 Å². The molecule has 0 unspecified atom stereocenters. The van der Waals surface area contributed by atoms with Crippen LogP contribution < -0.4 is 19.9 Å². The number of ether oxygens (including phenoxy) is 1. The van der Waals surface area contributed by atoms with E-state index in [2.05, 4.69) is 5.32 Å². The van der Waals surface area contributed by atoms with Gasteiger partial charge in [0.05, 0.1) is 17.4 Å². The number of anilines is 2. The first-order valence-corrected chi connectivity index (χ1v) is 12.5. The molecule has 0 saturated carbocycles. The minimum absolute atomic E-state index is 0.0272. The van der Waals surface area contributed by atoms with Crippen LogP contribution in [-0.2, 0) is 4.79 Å². The molecule has 8 nitrogen and oxygen atoms in total. The van der Waals surface area contributed by atoms with Gasteiger partial charge in [0.2, 0.25) is 5.91 Å². The molecule has 3 aromatic rings. The molecule has 0 aromatic heterocycles. The SMILES string of the molecule is CC(=O)N1c2ccc(-c3ccc(C(=O)N4CCNCC4)cc3)cc2N(C(=O)Oc2ccccc2)C[C@@H]1C. The summed E-state index contributed by atoms with van der Waals surface area (Å²) in [7, 11) is 0. The zero-order valence-electron chi connectivity index (χ0n) is 21.0. The van der Waals surface area contributed by atoms with E-state index in [0.29, 0.717) is 42.3 Å². The van der Waals surface area contributed by atoms with Gasteiger partial charge in [0, 0.05) is 45.2 Å². The first-order chi connectivity index (χ1) is 17.9. The predicted molar refractivity (Wildman–Crippen MR) is 143 cm³/mol. The number of para-hydroxylation sites is 1. The lowest BCUT2D eigenvalue weighted by Gasteiger charge is -2.40. The number of carbonyl (C=O) groups is 3. The number of nitrogens with zero attached hydrogens (tertiary/aromatic N) is 3. The third-order valence-electron chi connectivity index (χ3n) is 6.79. The van der Waals surface area contributed by atoms with E-state index in [1.807, 2.05) is 72.5 Å². The van der Waals surface area contributed by atoms with Crippen LogP contribution in [0.3, 0.4) is 0 Å². The molecule has 1 N–H and O–H groups in total. The van der Waals surface area contributed by atoms with Crippen molar-refractivity contribution in [3.8, 4) is 16.9 Å². The molecule has 0 bridgehead atoms. The molecule has 37 heavy (non-hydrogen) atoms. The second-order valence-electron chi connectivity index (χ2n) is 9.35. The standard InChI is InChI=1S/C29H30N4O4/c1-20-19-32(29(36)37-25-6-4-3-5-7-25)27-18-24(12-13-26(27)33(20)21(2)34)22-8-10-23(11-9-22)28(35)31-16-14-30-15-17-31/h3-13,18,20,30H,14-17,19H2,1-2H3/t20-/m0/s1. The number of fused-ring (bicyclic) bond motifs is 1. The van der Waals surface area contributed by atoms with Crippen LogP contribution in [0.1, 0.15) is 24.2 Å². The molecule has 1 fully saturated rings. The van der Waals surface area contributed by atoms with Crippen molar-refractivity contribution in [1.29, 1.82) is 0 Å². The number of rotatable bonds is 3. The predicted octanol–water partition coefficient (Wildman–Crippen LogP) is 4.16. The summed E-state index contributed by atoms with van der Waals surface area (Å²) in [6.07, 6.45) is -0.503. The van der Waals surface area contributed by atoms with Crippen molar-refractivity contribution < 1.29 is 19.1 Å². The Hall–Kier alpha value is -4.17. The van der Waals surface area contributed by atoms with E-state index in [9.17, 15) is 14.4 Å². The molecule has 2 aliphatic rings. The number of hydrogen-bond donors (Lipinski definition) is 1. The van der Waals surface area contributed by atoms with Crippen molar-refractivity contribution in [2.24, 2.45) is 0 Å². The molecule has 0 spiro atoms. The number of amides is 3. The zero-order valence-corrected chi connectivity index (χ0v) is 21.0. The van der Waals surface area contributed by atoms with E-state index in [0.717, 1.165) is 24.2 Å². The molecule has 2 heterocycles. The first-order valence-electron chi connectivity index (χ1n) is 12.5. The van der Waals surface area contributed by atoms with E-state index < -0.39 is 6.09 Å². The van der Waals surface area contributed by atoms with Gasteiger partial charge in [-0.1, -0.05) is 36.4 Å². The highest BCUT2D eigenvalue weighted by Crippen LogP contribution is 2.39. The van der Waals surface area contributed by atoms with Crippen LogP contribution >= 0.6 is 0 Å². The highest BCUT2D eigenvalue weighted by atomic mass is 16.6. The van der Waals surface area contributed by atoms with Crippen molar-refractivity contribution in [2.45, 2.75) is 19.9 Å². The molecule has 0 aliphatic carbocycles. The number of hydrogen-bond acceptors (Lipinski definition) is 5. The van der Waals surface area contributed by atoms with Gasteiger partial charge in [0.15, 0.2) is 0 Å². The fourth-order valence-electron chi connectivity index (χ4n) is 4.96. The Morgan fingerprint density at radius 1 is 0.865 bits per heavy atom. The van der Waals surface area contributed by atoms with E-state index in [4.69, 9.17) is 4.74 Å². The molecule has 1 saturated heterocycles. The van der Waals surface area contributed by atoms with Gasteiger partial charge in [0.25, 0.3) is 5.91 Å². The third kappa shape index (κ3) is 5.06. The van der Waals surface area contributed by atoms with Gasteiger partial charge >= 0.3 is 6.09 Å². The number of nitrogens with one attached hydrogen (secondary N) is 1. The molecule has 190 valence electrons. The fraction of sp³-hybridized carbons (Fsp3) is 0.276. The summed E-state index contributed by atoms with van der Waals surface area (Å²) in [5.41, 5.74) is 3.69. The zero-order chi connectivity index (χ0) is 25.9. The normalized spacial score (nSPS) is 17.2. The van der Waals surface area contributed by atoms with Crippen molar-refractivity contribution in [3.63, 3.8) is 0 Å². The van der Waals surface area contributed by atoms with E-state index in [1.54, 1.807) is 21.9 Å². The first kappa shape index (κ1) is 24.5. The van der Waals surface area contributed by atoms with Crippen molar-refractivity contribution >= 4 is 29.3 Å². The van der Waals surface area contributed by atoms with Gasteiger partial charge in [-0.05, 0) is 54.4 Å². The maximum Gasteiger partial charge on any atom is 0.419 e. The topological polar surface area (TPSA) is 82.2 Å². The lowest BCUT2D eigenvalue weighted by molar-refractivity contribution is -0.117. The highest BCUT2D eigenvalue weighted by Gasteiger charge is 2.34. The summed E-state index contributed by atoms with van der Waals surface area (Å²) in [5, 5.41) is 3.26. The fourth-order valence-corrected chi connectivity index (χ4v) is 4.96. The average Bonchev–Trinajstić information content (AvgIpc) is 2.93. The quantitative estimate of drug-likeness (QED) is 0.587. The summed E-state index contributed by atoms with van der Waals surface area (Å²) in [4.78, 5) is 43.7. The van der Waals surface area contributed by atoms with E-state index in [-0.39, 0.29) is 17.9 Å². The van der Waals surface area contributed by atoms with Gasteiger partial charge < -0.3 is 19.9 Å². The molecular formula is C29H30N4O4. The van der Waals surface area contributed by atoms with Crippen LogP contribution in [0.2, 0.25) is 0 Å². The Kier molecular flexibility index (Phi) is 6.92. The number of piperazine rings is 1. The van der Waals surface area contributed by atoms with Crippen LogP contribution in [0.4, 0.5) is 16.2 Å². The molecule has 5 rings (SSSR count). The van der Waals surface area contributed by atoms with Crippen LogP contribution in [0.25, 0.3) is 11.1 Å². The lowest BCUT2D eigenvalue weighted by atomic mass is 9.99. The van der Waals surface area contributed by atoms with E-state index in [1.165, 1.54) is 6.92 Å². The second kappa shape index (κ2) is 10.4. The lowest BCUT2D eigenvalue weighted by Crippen LogP contribution is -2.52. The average molecular weight is 499 g/mol. The van der Waals surface area contributed by atoms with Crippen molar-refractivity contribution in [1.82, 2.24) is 10.2 Å². The minimum Gasteiger partial charge on any atom is -0.410 e. The van der Waals surface area contributed by atoms with Gasteiger partial charge in [0.1, 0.15) is 5.75 Å². The van der Waals surface area contributed by atoms with Gasteiger partial charge in [-0.3, -0.25) is 14.5 Å². The molecular weight excluding hydrogens is 468 g/mol. The Balaban J connectivity index is 1.45. The summed E-state index contributed by atoms with van der Waals surface area (Å²) in [6, 6.07) is 21.9. The number of benzene rings is 3. The summed E-state index contributed by atoms with van der Waals surface area (Å²) in [5.74, 6) is 0.393. The monoisotopic (exact) mass is 498 g/mol. The van der Waals surface area contributed by atoms with Crippen molar-refractivity contribution in [3.05, 3.63) is 78.4 Å². The second-order valence-corrected chi connectivity index (χ2v) is 9.35. The van der Waals surface area contributed by atoms with Crippen LogP contribution in [0.15, 0.2) is 72.8 Å². The van der Waals surface area contributed by atoms with Gasteiger partial charge in [-0.15, -0.1) is 0 Å². The Bertz CT molecular complexity index is 1300. The summed E-state index contributed by atoms with van der Waals surface area (Å²) in [6.45, 7) is 6.75. The van der Waals surface area contributed by atoms with Crippen molar-refractivity contribution in [2.75, 3.05) is 42.5 Å². The summed E-state index contributed by atoms with van der Waals surface area (Å²) < 4.78 is 5.64. The van der Waals surface area contributed by atoms with Crippen LogP contribution in [0.5, 0.6) is 5.75 Å². The third-order valence-corrected chi connectivity index (χ3v) is 6.79. The molecule has 2 aliphatic heterocycles. The molecule has 8 heteroatoms. The van der Waals surface area contributed by atoms with Crippen LogP contribution in [-0.4, -0.2) is 61.6 Å². The Morgan fingerprint density at radius 3 is 2.22 bits per heavy atom. The molecule has 0 radical (unpaired) electrons. The molecule has 1 atom stereocenters. The highest BCUT2D eigenvalue weighted by molar-refractivity contribution is 6.03.